The van der Waals surface area contributed by atoms with Crippen molar-refractivity contribution in [1.29, 1.82) is 0 Å². The van der Waals surface area contributed by atoms with Crippen molar-refractivity contribution in [2.24, 2.45) is 11.8 Å². The fourth-order valence-corrected chi connectivity index (χ4v) is 7.78. The van der Waals surface area contributed by atoms with Gasteiger partial charge < -0.3 is 24.4 Å². The SMILES string of the molecule is COc1ccc([C@@H]2CN(C3CCOCC3)C[C@H]2C(=O)N2CCC(c3ccc(C(F)(F)F)cc3N3CCC(C(=O)O)CC3)C2)cc1. The van der Waals surface area contributed by atoms with Crippen LogP contribution in [0.2, 0.25) is 0 Å². The molecule has 0 saturated carbocycles. The summed E-state index contributed by atoms with van der Waals surface area (Å²) in [5.74, 6) is -0.771. The Kier molecular flexibility index (Phi) is 9.29. The van der Waals surface area contributed by atoms with Gasteiger partial charge in [0.2, 0.25) is 5.91 Å². The van der Waals surface area contributed by atoms with Gasteiger partial charge in [-0.05, 0) is 67.5 Å². The van der Waals surface area contributed by atoms with Crippen LogP contribution < -0.4 is 9.64 Å². The maximum atomic E-state index is 14.3. The molecule has 1 N–H and O–H groups in total. The Balaban J connectivity index is 1.22. The van der Waals surface area contributed by atoms with Crippen LogP contribution in [0, 0.1) is 11.8 Å². The maximum Gasteiger partial charge on any atom is 0.416 e. The Morgan fingerprint density at radius 3 is 2.27 bits per heavy atom. The maximum absolute atomic E-state index is 14.3. The Hall–Kier alpha value is -3.31. The lowest BCUT2D eigenvalue weighted by Crippen LogP contribution is -2.40. The third-order valence-electron chi connectivity index (χ3n) is 10.4. The van der Waals surface area contributed by atoms with Crippen LogP contribution in [0.25, 0.3) is 0 Å². The monoisotopic (exact) mass is 629 g/mol. The first-order valence-electron chi connectivity index (χ1n) is 16.1. The van der Waals surface area contributed by atoms with Crippen LogP contribution in [-0.4, -0.2) is 92.4 Å². The third kappa shape index (κ3) is 6.79. The predicted molar refractivity (Wildman–Crippen MR) is 163 cm³/mol. The number of benzene rings is 2. The van der Waals surface area contributed by atoms with Crippen LogP contribution in [0.4, 0.5) is 18.9 Å². The van der Waals surface area contributed by atoms with Crippen LogP contribution in [-0.2, 0) is 20.5 Å². The summed E-state index contributed by atoms with van der Waals surface area (Å²) in [7, 11) is 1.63. The molecule has 4 aliphatic heterocycles. The second-order valence-corrected chi connectivity index (χ2v) is 12.9. The molecule has 11 heteroatoms. The summed E-state index contributed by atoms with van der Waals surface area (Å²) >= 11 is 0. The van der Waals surface area contributed by atoms with E-state index in [2.05, 4.69) is 4.90 Å². The number of hydrogen-bond acceptors (Lipinski definition) is 6. The lowest BCUT2D eigenvalue weighted by molar-refractivity contribution is -0.142. The molecule has 3 atom stereocenters. The van der Waals surface area contributed by atoms with Gasteiger partial charge in [0.15, 0.2) is 0 Å². The summed E-state index contributed by atoms with van der Waals surface area (Å²) in [6, 6.07) is 12.3. The molecule has 2 aromatic carbocycles. The van der Waals surface area contributed by atoms with E-state index in [-0.39, 0.29) is 23.7 Å². The number of ether oxygens (including phenoxy) is 2. The molecule has 1 amide bonds. The van der Waals surface area contributed by atoms with Crippen LogP contribution in [0.15, 0.2) is 42.5 Å². The second kappa shape index (κ2) is 13.2. The second-order valence-electron chi connectivity index (χ2n) is 12.9. The van der Waals surface area contributed by atoms with Crippen molar-refractivity contribution in [2.45, 2.75) is 56.2 Å². The molecular weight excluding hydrogens is 587 g/mol. The molecule has 4 heterocycles. The molecule has 244 valence electrons. The van der Waals surface area contributed by atoms with Gasteiger partial charge in [0.1, 0.15) is 5.75 Å². The number of hydrogen-bond donors (Lipinski definition) is 1. The van der Waals surface area contributed by atoms with Crippen LogP contribution >= 0.6 is 0 Å². The van der Waals surface area contributed by atoms with E-state index in [1.807, 2.05) is 34.1 Å². The van der Waals surface area contributed by atoms with Crippen molar-refractivity contribution < 1.29 is 37.3 Å². The number of carbonyl (C=O) groups is 2. The molecule has 8 nitrogen and oxygen atoms in total. The number of alkyl halides is 3. The quantitative estimate of drug-likeness (QED) is 0.450. The number of carbonyl (C=O) groups excluding carboxylic acids is 1. The van der Waals surface area contributed by atoms with Gasteiger partial charge in [-0.15, -0.1) is 0 Å². The number of likely N-dealkylation sites (tertiary alicyclic amines) is 2. The van der Waals surface area contributed by atoms with Gasteiger partial charge in [0, 0.05) is 76.0 Å². The lowest BCUT2D eigenvalue weighted by Gasteiger charge is -2.34. The number of rotatable bonds is 7. The first kappa shape index (κ1) is 31.7. The number of aliphatic carboxylic acids is 1. The first-order chi connectivity index (χ1) is 21.6. The Labute approximate surface area is 262 Å². The summed E-state index contributed by atoms with van der Waals surface area (Å²) < 4.78 is 52.3. The summed E-state index contributed by atoms with van der Waals surface area (Å²) in [5, 5.41) is 9.43. The topological polar surface area (TPSA) is 82.6 Å². The molecule has 6 rings (SSSR count). The highest BCUT2D eigenvalue weighted by molar-refractivity contribution is 5.81. The largest absolute Gasteiger partial charge is 0.497 e. The molecule has 0 aromatic heterocycles. The zero-order valence-electron chi connectivity index (χ0n) is 25.7. The smallest absolute Gasteiger partial charge is 0.416 e. The van der Waals surface area contributed by atoms with Crippen molar-refractivity contribution in [3.05, 3.63) is 59.2 Å². The minimum atomic E-state index is -4.49. The summed E-state index contributed by atoms with van der Waals surface area (Å²) in [5.41, 5.74) is 1.70. The van der Waals surface area contributed by atoms with Gasteiger partial charge in [-0.3, -0.25) is 14.5 Å². The Morgan fingerprint density at radius 2 is 1.62 bits per heavy atom. The standard InChI is InChI=1S/C34H42F3N3O5/c1-44-27-5-2-22(3-6-27)29-20-40(26-11-16-45-17-12-26)21-30(29)32(41)39-15-10-24(19-39)28-7-4-25(34(35,36)37)18-31(28)38-13-8-23(9-14-38)33(42)43/h2-7,18,23-24,26,29-30H,8-17,19-21H2,1H3,(H,42,43)/t24?,29-,30+/m0/s1. The van der Waals surface area contributed by atoms with Crippen molar-refractivity contribution >= 4 is 17.6 Å². The Bertz CT molecular complexity index is 1360. The molecule has 4 fully saturated rings. The number of amides is 1. The zero-order chi connectivity index (χ0) is 31.7. The van der Waals surface area contributed by atoms with E-state index >= 15 is 0 Å². The average Bonchev–Trinajstić information content (AvgIpc) is 3.73. The molecular formula is C34H42F3N3O5. The van der Waals surface area contributed by atoms with Crippen molar-refractivity contribution in [2.75, 3.05) is 64.5 Å². The molecule has 0 spiro atoms. The lowest BCUT2D eigenvalue weighted by atomic mass is 9.88. The van der Waals surface area contributed by atoms with Gasteiger partial charge in [-0.25, -0.2) is 0 Å². The van der Waals surface area contributed by atoms with Gasteiger partial charge >= 0.3 is 12.1 Å². The number of methoxy groups -OCH3 is 1. The van der Waals surface area contributed by atoms with Crippen LogP contribution in [0.5, 0.6) is 5.75 Å². The number of piperidine rings is 1. The fourth-order valence-electron chi connectivity index (χ4n) is 7.78. The minimum Gasteiger partial charge on any atom is -0.497 e. The molecule has 2 aromatic rings. The zero-order valence-corrected chi connectivity index (χ0v) is 25.7. The molecule has 45 heavy (non-hydrogen) atoms. The molecule has 0 bridgehead atoms. The van der Waals surface area contributed by atoms with Gasteiger partial charge in [-0.1, -0.05) is 18.2 Å². The van der Waals surface area contributed by atoms with Crippen LogP contribution in [0.1, 0.15) is 60.6 Å². The van der Waals surface area contributed by atoms with E-state index in [0.29, 0.717) is 63.7 Å². The van der Waals surface area contributed by atoms with E-state index in [1.165, 1.54) is 6.07 Å². The van der Waals surface area contributed by atoms with Gasteiger partial charge in [0.05, 0.1) is 24.5 Å². The van der Waals surface area contributed by atoms with E-state index in [0.717, 1.165) is 55.5 Å². The average molecular weight is 630 g/mol. The number of anilines is 1. The number of carboxylic acid groups (broad SMARTS) is 1. The number of halogens is 3. The van der Waals surface area contributed by atoms with Crippen molar-refractivity contribution in [3.8, 4) is 5.75 Å². The van der Waals surface area contributed by atoms with E-state index in [1.54, 1.807) is 13.2 Å². The molecule has 1 unspecified atom stereocenters. The summed E-state index contributed by atoms with van der Waals surface area (Å²) in [6.07, 6.45) is -1.15. The highest BCUT2D eigenvalue weighted by atomic mass is 19.4. The normalized spacial score (nSPS) is 25.6. The van der Waals surface area contributed by atoms with Gasteiger partial charge in [-0.2, -0.15) is 13.2 Å². The number of nitrogens with zero attached hydrogens (tertiary/aromatic N) is 3. The summed E-state index contributed by atoms with van der Waals surface area (Å²) in [6.45, 7) is 4.68. The molecule has 4 aliphatic rings. The molecule has 0 aliphatic carbocycles. The highest BCUT2D eigenvalue weighted by Crippen LogP contribution is 2.42. The summed E-state index contributed by atoms with van der Waals surface area (Å²) in [4.78, 5) is 32.0. The van der Waals surface area contributed by atoms with Gasteiger partial charge in [0.25, 0.3) is 0 Å². The molecule has 0 radical (unpaired) electrons. The number of carboxylic acids is 1. The van der Waals surface area contributed by atoms with Crippen molar-refractivity contribution in [1.82, 2.24) is 9.80 Å². The van der Waals surface area contributed by atoms with E-state index < -0.39 is 23.6 Å². The minimum absolute atomic E-state index is 0.0301. The van der Waals surface area contributed by atoms with E-state index in [4.69, 9.17) is 9.47 Å². The first-order valence-corrected chi connectivity index (χ1v) is 16.1. The third-order valence-corrected chi connectivity index (χ3v) is 10.4. The van der Waals surface area contributed by atoms with Crippen molar-refractivity contribution in [3.63, 3.8) is 0 Å². The molecule has 4 saturated heterocycles. The predicted octanol–water partition coefficient (Wildman–Crippen LogP) is 5.23. The van der Waals surface area contributed by atoms with E-state index in [9.17, 15) is 27.9 Å². The van der Waals surface area contributed by atoms with Crippen LogP contribution in [0.3, 0.4) is 0 Å². The highest BCUT2D eigenvalue weighted by Gasteiger charge is 2.44. The Morgan fingerprint density at radius 1 is 0.911 bits per heavy atom. The fraction of sp³-hybridized carbons (Fsp3) is 0.588.